The molecule has 0 atom stereocenters. The molecule has 9 heteroatoms. The van der Waals surface area contributed by atoms with E-state index in [0.29, 0.717) is 30.1 Å². The van der Waals surface area contributed by atoms with Crippen LogP contribution >= 0.6 is 0 Å². The summed E-state index contributed by atoms with van der Waals surface area (Å²) in [4.78, 5) is 23.9. The van der Waals surface area contributed by atoms with E-state index in [-0.39, 0.29) is 24.2 Å². The van der Waals surface area contributed by atoms with Crippen molar-refractivity contribution in [3.8, 4) is 5.75 Å². The number of aromatic nitrogens is 4. The molecule has 2 N–H and O–H groups in total. The largest absolute Gasteiger partial charge is 0.494 e. The highest BCUT2D eigenvalue weighted by Crippen LogP contribution is 2.28. The first-order valence-corrected chi connectivity index (χ1v) is 7.96. The molecule has 0 aliphatic rings. The third-order valence-corrected chi connectivity index (χ3v) is 3.31. The van der Waals surface area contributed by atoms with Crippen LogP contribution in [0, 0.1) is 5.92 Å². The molecule has 0 saturated carbocycles. The summed E-state index contributed by atoms with van der Waals surface area (Å²) in [6.45, 7) is 4.34. The Bertz CT molecular complexity index is 715. The fourth-order valence-corrected chi connectivity index (χ4v) is 2.17. The van der Waals surface area contributed by atoms with Crippen LogP contribution in [-0.2, 0) is 16.1 Å². The molecule has 0 bridgehead atoms. The summed E-state index contributed by atoms with van der Waals surface area (Å²) < 4.78 is 6.78. The van der Waals surface area contributed by atoms with Gasteiger partial charge in [-0.05, 0) is 28.5 Å². The van der Waals surface area contributed by atoms with Gasteiger partial charge in [0.25, 0.3) is 0 Å². The molecule has 25 heavy (non-hydrogen) atoms. The molecule has 1 heterocycles. The van der Waals surface area contributed by atoms with E-state index in [1.807, 2.05) is 13.8 Å². The molecule has 0 saturated heterocycles. The van der Waals surface area contributed by atoms with Crippen molar-refractivity contribution in [1.29, 1.82) is 0 Å². The van der Waals surface area contributed by atoms with Gasteiger partial charge in [0.2, 0.25) is 11.8 Å². The fourth-order valence-electron chi connectivity index (χ4n) is 2.17. The molecular weight excluding hydrogens is 324 g/mol. The highest BCUT2D eigenvalue weighted by Gasteiger charge is 2.11. The van der Waals surface area contributed by atoms with Gasteiger partial charge in [0, 0.05) is 24.6 Å². The first-order chi connectivity index (χ1) is 12.0. The summed E-state index contributed by atoms with van der Waals surface area (Å²) in [6.07, 6.45) is 2.12. The summed E-state index contributed by atoms with van der Waals surface area (Å²) in [5.74, 6) is 0.501. The van der Waals surface area contributed by atoms with Gasteiger partial charge in [-0.25, -0.2) is 4.68 Å². The van der Waals surface area contributed by atoms with Crippen molar-refractivity contribution in [3.63, 3.8) is 0 Å². The molecule has 0 aliphatic carbocycles. The number of nitrogens with one attached hydrogen (secondary N) is 2. The van der Waals surface area contributed by atoms with E-state index in [1.165, 1.54) is 18.1 Å². The third kappa shape index (κ3) is 5.87. The van der Waals surface area contributed by atoms with Gasteiger partial charge in [0.15, 0.2) is 0 Å². The van der Waals surface area contributed by atoms with Crippen LogP contribution in [0.3, 0.4) is 0 Å². The molecular formula is C16H22N6O3. The van der Waals surface area contributed by atoms with Crippen LogP contribution in [0.1, 0.15) is 26.7 Å². The molecule has 2 rings (SSSR count). The number of amides is 2. The maximum atomic E-state index is 12.0. The normalized spacial score (nSPS) is 10.6. The van der Waals surface area contributed by atoms with E-state index in [2.05, 4.69) is 26.2 Å². The third-order valence-electron chi connectivity index (χ3n) is 3.31. The Morgan fingerprint density at radius 3 is 2.68 bits per heavy atom. The maximum absolute atomic E-state index is 12.0. The quantitative estimate of drug-likeness (QED) is 0.752. The van der Waals surface area contributed by atoms with Crippen LogP contribution in [0.5, 0.6) is 5.75 Å². The maximum Gasteiger partial charge on any atom is 0.226 e. The van der Waals surface area contributed by atoms with Gasteiger partial charge >= 0.3 is 0 Å². The van der Waals surface area contributed by atoms with Crippen molar-refractivity contribution < 1.29 is 14.3 Å². The zero-order chi connectivity index (χ0) is 18.2. The van der Waals surface area contributed by atoms with Crippen molar-refractivity contribution in [2.45, 2.75) is 33.2 Å². The number of hydrogen-bond donors (Lipinski definition) is 2. The standard InChI is InChI=1S/C16H22N6O3/c1-11(2)8-16(24)19-13-5-4-12(9-14(13)25-3)18-15(23)6-7-22-10-17-20-21-22/h4-5,9-11H,6-8H2,1-3H3,(H,18,23)(H,19,24). The zero-order valence-corrected chi connectivity index (χ0v) is 14.5. The lowest BCUT2D eigenvalue weighted by molar-refractivity contribution is -0.117. The lowest BCUT2D eigenvalue weighted by Crippen LogP contribution is -2.16. The smallest absolute Gasteiger partial charge is 0.226 e. The topological polar surface area (TPSA) is 111 Å². The van der Waals surface area contributed by atoms with Crippen LogP contribution in [0.25, 0.3) is 0 Å². The SMILES string of the molecule is COc1cc(NC(=O)CCn2cnnn2)ccc1NC(=O)CC(C)C. The molecule has 2 amide bonds. The summed E-state index contributed by atoms with van der Waals surface area (Å²) in [5.41, 5.74) is 1.15. The minimum absolute atomic E-state index is 0.0773. The van der Waals surface area contributed by atoms with Gasteiger partial charge in [-0.1, -0.05) is 13.8 Å². The Kier molecular flexibility index (Phi) is 6.44. The van der Waals surface area contributed by atoms with Crippen molar-refractivity contribution >= 4 is 23.2 Å². The minimum atomic E-state index is -0.172. The number of carbonyl (C=O) groups is 2. The van der Waals surface area contributed by atoms with Crippen LogP contribution in [-0.4, -0.2) is 39.1 Å². The summed E-state index contributed by atoms with van der Waals surface area (Å²) in [5, 5.41) is 16.3. The van der Waals surface area contributed by atoms with E-state index < -0.39 is 0 Å². The number of nitrogens with zero attached hydrogens (tertiary/aromatic N) is 4. The molecule has 1 aromatic carbocycles. The number of ether oxygens (including phenoxy) is 1. The highest BCUT2D eigenvalue weighted by molar-refractivity contribution is 5.94. The first kappa shape index (κ1) is 18.4. The van der Waals surface area contributed by atoms with Gasteiger partial charge in [-0.15, -0.1) is 5.10 Å². The zero-order valence-electron chi connectivity index (χ0n) is 14.5. The second kappa shape index (κ2) is 8.76. The Morgan fingerprint density at radius 1 is 1.24 bits per heavy atom. The minimum Gasteiger partial charge on any atom is -0.494 e. The van der Waals surface area contributed by atoms with Crippen LogP contribution in [0.2, 0.25) is 0 Å². The number of benzene rings is 1. The number of tetrazole rings is 1. The molecule has 0 aliphatic heterocycles. The lowest BCUT2D eigenvalue weighted by Gasteiger charge is -2.13. The highest BCUT2D eigenvalue weighted by atomic mass is 16.5. The van der Waals surface area contributed by atoms with Crippen LogP contribution < -0.4 is 15.4 Å². The van der Waals surface area contributed by atoms with Gasteiger partial charge in [-0.2, -0.15) is 0 Å². The van der Waals surface area contributed by atoms with E-state index in [0.717, 1.165) is 0 Å². The Hall–Kier alpha value is -2.97. The summed E-state index contributed by atoms with van der Waals surface area (Å²) in [7, 11) is 1.51. The molecule has 9 nitrogen and oxygen atoms in total. The second-order valence-electron chi connectivity index (χ2n) is 5.93. The molecule has 2 aromatic rings. The molecule has 0 fully saturated rings. The van der Waals surface area contributed by atoms with Crippen molar-refractivity contribution in [1.82, 2.24) is 20.2 Å². The Balaban J connectivity index is 1.95. The van der Waals surface area contributed by atoms with E-state index in [9.17, 15) is 9.59 Å². The molecule has 134 valence electrons. The van der Waals surface area contributed by atoms with E-state index in [1.54, 1.807) is 18.2 Å². The van der Waals surface area contributed by atoms with Gasteiger partial charge in [-0.3, -0.25) is 9.59 Å². The summed E-state index contributed by atoms with van der Waals surface area (Å²) >= 11 is 0. The number of methoxy groups -OCH3 is 1. The number of rotatable bonds is 8. The predicted octanol–water partition coefficient (Wildman–Crippen LogP) is 1.70. The van der Waals surface area contributed by atoms with Crippen molar-refractivity contribution in [3.05, 3.63) is 24.5 Å². The second-order valence-corrected chi connectivity index (χ2v) is 5.93. The number of carbonyl (C=O) groups excluding carboxylic acids is 2. The number of aryl methyl sites for hydroxylation is 1. The van der Waals surface area contributed by atoms with Crippen molar-refractivity contribution in [2.75, 3.05) is 17.7 Å². The molecule has 0 radical (unpaired) electrons. The Labute approximate surface area is 145 Å². The van der Waals surface area contributed by atoms with Crippen molar-refractivity contribution in [2.24, 2.45) is 5.92 Å². The number of anilines is 2. The fraction of sp³-hybridized carbons (Fsp3) is 0.438. The number of hydrogen-bond acceptors (Lipinski definition) is 6. The molecule has 0 spiro atoms. The van der Waals surface area contributed by atoms with Crippen LogP contribution in [0.15, 0.2) is 24.5 Å². The monoisotopic (exact) mass is 346 g/mol. The molecule has 0 unspecified atom stereocenters. The summed E-state index contributed by atoms with van der Waals surface area (Å²) in [6, 6.07) is 5.08. The average molecular weight is 346 g/mol. The van der Waals surface area contributed by atoms with Gasteiger partial charge in [0.1, 0.15) is 12.1 Å². The van der Waals surface area contributed by atoms with E-state index >= 15 is 0 Å². The average Bonchev–Trinajstić information content (AvgIpc) is 3.07. The van der Waals surface area contributed by atoms with Gasteiger partial charge in [0.05, 0.1) is 19.3 Å². The lowest BCUT2D eigenvalue weighted by atomic mass is 10.1. The van der Waals surface area contributed by atoms with E-state index in [4.69, 9.17) is 4.74 Å². The van der Waals surface area contributed by atoms with Crippen LogP contribution in [0.4, 0.5) is 11.4 Å². The first-order valence-electron chi connectivity index (χ1n) is 7.96. The van der Waals surface area contributed by atoms with Gasteiger partial charge < -0.3 is 15.4 Å². The Morgan fingerprint density at radius 2 is 2.04 bits per heavy atom. The molecule has 1 aromatic heterocycles. The predicted molar refractivity (Wildman–Crippen MR) is 92.1 cm³/mol.